The predicted octanol–water partition coefficient (Wildman–Crippen LogP) is 6.21. The van der Waals surface area contributed by atoms with Gasteiger partial charge in [0.1, 0.15) is 18.0 Å². The fourth-order valence-corrected chi connectivity index (χ4v) is 4.23. The van der Waals surface area contributed by atoms with Crippen molar-refractivity contribution in [1.29, 1.82) is 0 Å². The summed E-state index contributed by atoms with van der Waals surface area (Å²) in [6.07, 6.45) is 10.7. The summed E-state index contributed by atoms with van der Waals surface area (Å²) in [6, 6.07) is 8.44. The average Bonchev–Trinajstić information content (AvgIpc) is 3.02. The number of ether oxygens (including phenoxy) is 9. The monoisotopic (exact) mass is 656 g/mol. The second-order valence-electron chi connectivity index (χ2n) is 12.0. The van der Waals surface area contributed by atoms with E-state index >= 15 is 0 Å². The largest absolute Gasteiger partial charge is 0.491 e. The van der Waals surface area contributed by atoms with Gasteiger partial charge in [-0.1, -0.05) is 57.6 Å². The van der Waals surface area contributed by atoms with Crippen molar-refractivity contribution in [2.75, 3.05) is 99.1 Å². The van der Waals surface area contributed by atoms with E-state index in [2.05, 4.69) is 31.2 Å². The average molecular weight is 657 g/mol. The molecule has 0 bridgehead atoms. The predicted molar refractivity (Wildman–Crippen MR) is 180 cm³/mol. The second-order valence-corrected chi connectivity index (χ2v) is 12.0. The van der Waals surface area contributed by atoms with E-state index in [0.717, 1.165) is 12.2 Å². The van der Waals surface area contributed by atoms with Gasteiger partial charge in [-0.3, -0.25) is 4.79 Å². The topological polar surface area (TPSA) is 100 Å². The van der Waals surface area contributed by atoms with Crippen molar-refractivity contribution >= 4 is 5.97 Å². The molecule has 0 heterocycles. The summed E-state index contributed by atoms with van der Waals surface area (Å²) in [5.41, 5.74) is 0.909. The van der Waals surface area contributed by atoms with E-state index in [1.807, 2.05) is 20.8 Å². The summed E-state index contributed by atoms with van der Waals surface area (Å²) >= 11 is 0. The van der Waals surface area contributed by atoms with Crippen LogP contribution in [0.1, 0.15) is 84.6 Å². The lowest BCUT2D eigenvalue weighted by Gasteiger charge is -2.19. The highest BCUT2D eigenvalue weighted by molar-refractivity contribution is 5.69. The minimum absolute atomic E-state index is 0.238. The van der Waals surface area contributed by atoms with Crippen LogP contribution in [0.5, 0.6) is 5.75 Å². The van der Waals surface area contributed by atoms with Crippen molar-refractivity contribution in [3.8, 4) is 5.75 Å². The Balaban J connectivity index is 1.75. The zero-order valence-electron chi connectivity index (χ0n) is 29.4. The Kier molecular flexibility index (Phi) is 28.0. The molecular weight excluding hydrogens is 592 g/mol. The van der Waals surface area contributed by atoms with Gasteiger partial charge in [-0.25, -0.2) is 0 Å². The molecular formula is C36H64O10. The molecule has 0 unspecified atom stereocenters. The van der Waals surface area contributed by atoms with Crippen LogP contribution in [-0.2, 0) is 49.1 Å². The van der Waals surface area contributed by atoms with Crippen molar-refractivity contribution in [2.45, 2.75) is 91.1 Å². The van der Waals surface area contributed by atoms with E-state index < -0.39 is 5.60 Å². The molecule has 0 amide bonds. The van der Waals surface area contributed by atoms with E-state index in [-0.39, 0.29) is 12.4 Å². The third kappa shape index (κ3) is 29.6. The van der Waals surface area contributed by atoms with Gasteiger partial charge in [0.25, 0.3) is 0 Å². The molecule has 0 N–H and O–H groups in total. The first kappa shape index (κ1) is 42.2. The molecule has 0 fully saturated rings. The molecule has 0 atom stereocenters. The Morgan fingerprint density at radius 1 is 0.522 bits per heavy atom. The standard InChI is InChI=1S/C36H64O10/c1-5-6-7-8-9-10-11-12-33-13-15-34(16-14-33)45-32-31-44-30-29-43-28-27-42-26-25-41-24-23-40-22-21-39-20-19-38-18-17-35(37)46-36(2,3)4/h13-16H,5-12,17-32H2,1-4H3. The molecule has 268 valence electrons. The molecule has 0 aliphatic heterocycles. The fraction of sp³-hybridized carbons (Fsp3) is 0.806. The number of aryl methyl sites for hydroxylation is 1. The first-order valence-corrected chi connectivity index (χ1v) is 17.4. The summed E-state index contributed by atoms with van der Waals surface area (Å²) in [5.74, 6) is 0.625. The lowest BCUT2D eigenvalue weighted by Crippen LogP contribution is -2.24. The maximum atomic E-state index is 11.6. The van der Waals surface area contributed by atoms with Crippen molar-refractivity contribution < 1.29 is 47.4 Å². The number of hydrogen-bond donors (Lipinski definition) is 0. The molecule has 0 spiro atoms. The third-order valence-electron chi connectivity index (χ3n) is 6.59. The molecule has 46 heavy (non-hydrogen) atoms. The van der Waals surface area contributed by atoms with Gasteiger partial charge in [0.05, 0.1) is 98.9 Å². The summed E-state index contributed by atoms with van der Waals surface area (Å²) in [4.78, 5) is 11.6. The van der Waals surface area contributed by atoms with Gasteiger partial charge >= 0.3 is 5.97 Å². The Labute approximate surface area is 279 Å². The van der Waals surface area contributed by atoms with Crippen LogP contribution in [0.3, 0.4) is 0 Å². The summed E-state index contributed by atoms with van der Waals surface area (Å²) in [7, 11) is 0. The van der Waals surface area contributed by atoms with E-state index in [1.165, 1.54) is 50.5 Å². The zero-order chi connectivity index (χ0) is 33.4. The fourth-order valence-electron chi connectivity index (χ4n) is 4.23. The highest BCUT2D eigenvalue weighted by Crippen LogP contribution is 2.15. The lowest BCUT2D eigenvalue weighted by molar-refractivity contribution is -0.156. The third-order valence-corrected chi connectivity index (χ3v) is 6.59. The molecule has 1 aromatic carbocycles. The number of esters is 1. The van der Waals surface area contributed by atoms with Crippen LogP contribution in [0.25, 0.3) is 0 Å². The molecule has 0 aliphatic carbocycles. The first-order chi connectivity index (χ1) is 22.4. The molecule has 1 rings (SSSR count). The Bertz CT molecular complexity index is 797. The number of unbranched alkanes of at least 4 members (excludes halogenated alkanes) is 6. The normalized spacial score (nSPS) is 11.7. The zero-order valence-corrected chi connectivity index (χ0v) is 29.4. The highest BCUT2D eigenvalue weighted by Gasteiger charge is 2.15. The molecule has 0 saturated heterocycles. The highest BCUT2D eigenvalue weighted by atomic mass is 16.6. The smallest absolute Gasteiger partial charge is 0.308 e. The molecule has 0 aromatic heterocycles. The van der Waals surface area contributed by atoms with E-state index in [1.54, 1.807) is 0 Å². The van der Waals surface area contributed by atoms with Crippen LogP contribution >= 0.6 is 0 Å². The summed E-state index contributed by atoms with van der Waals surface area (Å²) in [5, 5.41) is 0. The van der Waals surface area contributed by atoms with Crippen LogP contribution in [0, 0.1) is 0 Å². The number of benzene rings is 1. The minimum Gasteiger partial charge on any atom is -0.491 e. The maximum Gasteiger partial charge on any atom is 0.308 e. The number of carbonyl (C=O) groups excluding carboxylic acids is 1. The van der Waals surface area contributed by atoms with E-state index in [0.29, 0.717) is 99.1 Å². The lowest BCUT2D eigenvalue weighted by atomic mass is 10.0. The SMILES string of the molecule is CCCCCCCCCc1ccc(OCCOCCOCCOCCOCCOCCOCCOCCC(=O)OC(C)(C)C)cc1. The Morgan fingerprint density at radius 3 is 1.35 bits per heavy atom. The van der Waals surface area contributed by atoms with Gasteiger partial charge in [-0.2, -0.15) is 0 Å². The van der Waals surface area contributed by atoms with Crippen molar-refractivity contribution in [3.63, 3.8) is 0 Å². The molecule has 10 heteroatoms. The van der Waals surface area contributed by atoms with Crippen molar-refractivity contribution in [2.24, 2.45) is 0 Å². The Morgan fingerprint density at radius 2 is 0.913 bits per heavy atom. The summed E-state index contributed by atoms with van der Waals surface area (Å²) in [6.45, 7) is 15.1. The second kappa shape index (κ2) is 30.5. The molecule has 1 aromatic rings. The van der Waals surface area contributed by atoms with Crippen LogP contribution in [0.4, 0.5) is 0 Å². The van der Waals surface area contributed by atoms with Crippen LogP contribution in [-0.4, -0.2) is 111 Å². The van der Waals surface area contributed by atoms with Gasteiger partial charge in [0.15, 0.2) is 0 Å². The van der Waals surface area contributed by atoms with Crippen LogP contribution < -0.4 is 4.74 Å². The Hall–Kier alpha value is -1.79. The molecule has 0 radical (unpaired) electrons. The number of rotatable bonds is 33. The number of carbonyl (C=O) groups is 1. The van der Waals surface area contributed by atoms with Crippen molar-refractivity contribution in [3.05, 3.63) is 29.8 Å². The van der Waals surface area contributed by atoms with Gasteiger partial charge in [0, 0.05) is 0 Å². The quantitative estimate of drug-likeness (QED) is 0.0642. The van der Waals surface area contributed by atoms with Crippen LogP contribution in [0.15, 0.2) is 24.3 Å². The van der Waals surface area contributed by atoms with Gasteiger partial charge < -0.3 is 42.6 Å². The number of hydrogen-bond acceptors (Lipinski definition) is 10. The van der Waals surface area contributed by atoms with E-state index in [4.69, 9.17) is 42.6 Å². The van der Waals surface area contributed by atoms with Gasteiger partial charge in [-0.15, -0.1) is 0 Å². The molecule has 10 nitrogen and oxygen atoms in total. The minimum atomic E-state index is -0.469. The van der Waals surface area contributed by atoms with Crippen molar-refractivity contribution in [1.82, 2.24) is 0 Å². The molecule has 0 aliphatic rings. The first-order valence-electron chi connectivity index (χ1n) is 17.4. The van der Waals surface area contributed by atoms with Crippen LogP contribution in [0.2, 0.25) is 0 Å². The maximum absolute atomic E-state index is 11.6. The van der Waals surface area contributed by atoms with Gasteiger partial charge in [-0.05, 0) is 51.3 Å². The van der Waals surface area contributed by atoms with E-state index in [9.17, 15) is 4.79 Å². The van der Waals surface area contributed by atoms with Gasteiger partial charge in [0.2, 0.25) is 0 Å². The summed E-state index contributed by atoms with van der Waals surface area (Å²) < 4.78 is 49.4. The molecule has 0 saturated carbocycles.